The fourth-order valence-electron chi connectivity index (χ4n) is 2.90. The maximum Gasteiger partial charge on any atom is 0.277 e. The molecular weight excluding hydrogens is 395 g/mol. The number of amides is 1. The SMILES string of the molecule is O=C(Nc1nc(-c2ccc3c(c2)OCO3)cs1)c1ccn(-c2ccccc2F)n1. The van der Waals surface area contributed by atoms with Crippen molar-refractivity contribution in [1.29, 1.82) is 0 Å². The lowest BCUT2D eigenvalue weighted by molar-refractivity contribution is 0.102. The first-order chi connectivity index (χ1) is 14.2. The van der Waals surface area contributed by atoms with E-state index >= 15 is 0 Å². The number of thiazole rings is 1. The van der Waals surface area contributed by atoms with Crippen LogP contribution in [-0.4, -0.2) is 27.5 Å². The third-order valence-corrected chi connectivity index (χ3v) is 5.07. The molecule has 2 aromatic carbocycles. The smallest absolute Gasteiger partial charge is 0.277 e. The Kier molecular flexibility index (Phi) is 4.21. The maximum absolute atomic E-state index is 13.9. The number of ether oxygens (including phenoxy) is 2. The molecule has 4 aromatic rings. The van der Waals surface area contributed by atoms with Gasteiger partial charge < -0.3 is 9.47 Å². The van der Waals surface area contributed by atoms with Gasteiger partial charge in [-0.3, -0.25) is 10.1 Å². The summed E-state index contributed by atoms with van der Waals surface area (Å²) in [5, 5.41) is 9.15. The molecule has 1 N–H and O–H groups in total. The minimum atomic E-state index is -0.424. The highest BCUT2D eigenvalue weighted by molar-refractivity contribution is 7.14. The number of benzene rings is 2. The molecule has 0 saturated carbocycles. The number of hydrogen-bond acceptors (Lipinski definition) is 6. The van der Waals surface area contributed by atoms with Crippen LogP contribution < -0.4 is 14.8 Å². The van der Waals surface area contributed by atoms with Gasteiger partial charge in [0, 0.05) is 17.1 Å². The fourth-order valence-corrected chi connectivity index (χ4v) is 3.61. The van der Waals surface area contributed by atoms with Gasteiger partial charge in [0.25, 0.3) is 5.91 Å². The second-order valence-corrected chi connectivity index (χ2v) is 7.02. The number of rotatable bonds is 4. The lowest BCUT2D eigenvalue weighted by Crippen LogP contribution is -2.13. The Labute approximate surface area is 168 Å². The number of hydrogen-bond donors (Lipinski definition) is 1. The first-order valence-corrected chi connectivity index (χ1v) is 9.53. The van der Waals surface area contributed by atoms with E-state index < -0.39 is 11.7 Å². The van der Waals surface area contributed by atoms with Crippen molar-refractivity contribution in [2.45, 2.75) is 0 Å². The number of halogens is 1. The summed E-state index contributed by atoms with van der Waals surface area (Å²) >= 11 is 1.30. The van der Waals surface area contributed by atoms with Crippen molar-refractivity contribution in [3.63, 3.8) is 0 Å². The van der Waals surface area contributed by atoms with Crippen molar-refractivity contribution in [3.05, 3.63) is 71.6 Å². The number of para-hydroxylation sites is 1. The standard InChI is InChI=1S/C20H13FN4O3S/c21-13-3-1-2-4-16(13)25-8-7-14(24-25)19(26)23-20-22-15(10-29-20)12-5-6-17-18(9-12)28-11-27-17/h1-10H,11H2,(H,22,23,26). The van der Waals surface area contributed by atoms with Gasteiger partial charge in [-0.25, -0.2) is 14.1 Å². The average molecular weight is 408 g/mol. The minimum Gasteiger partial charge on any atom is -0.454 e. The molecule has 9 heteroatoms. The van der Waals surface area contributed by atoms with Gasteiger partial charge in [-0.05, 0) is 36.4 Å². The maximum atomic E-state index is 13.9. The van der Waals surface area contributed by atoms with E-state index in [1.165, 1.54) is 34.3 Å². The molecule has 7 nitrogen and oxygen atoms in total. The third kappa shape index (κ3) is 3.32. The molecule has 29 heavy (non-hydrogen) atoms. The number of aromatic nitrogens is 3. The summed E-state index contributed by atoms with van der Waals surface area (Å²) in [7, 11) is 0. The molecule has 0 radical (unpaired) electrons. The Morgan fingerprint density at radius 3 is 2.90 bits per heavy atom. The monoisotopic (exact) mass is 408 g/mol. The van der Waals surface area contributed by atoms with E-state index in [1.54, 1.807) is 18.2 Å². The molecule has 1 aliphatic heterocycles. The van der Waals surface area contributed by atoms with Gasteiger partial charge in [-0.2, -0.15) is 5.10 Å². The predicted molar refractivity (Wildman–Crippen MR) is 105 cm³/mol. The average Bonchev–Trinajstić information content (AvgIpc) is 3.48. The molecule has 0 atom stereocenters. The van der Waals surface area contributed by atoms with Gasteiger partial charge in [0.05, 0.1) is 5.69 Å². The summed E-state index contributed by atoms with van der Waals surface area (Å²) < 4.78 is 25.9. The summed E-state index contributed by atoms with van der Waals surface area (Å²) in [6.07, 6.45) is 1.53. The van der Waals surface area contributed by atoms with Crippen LogP contribution in [0.5, 0.6) is 11.5 Å². The van der Waals surface area contributed by atoms with E-state index in [4.69, 9.17) is 9.47 Å². The first kappa shape index (κ1) is 17.4. The zero-order chi connectivity index (χ0) is 19.8. The quantitative estimate of drug-likeness (QED) is 0.550. The largest absolute Gasteiger partial charge is 0.454 e. The van der Waals surface area contributed by atoms with Crippen molar-refractivity contribution in [2.24, 2.45) is 0 Å². The number of nitrogens with zero attached hydrogens (tertiary/aromatic N) is 3. The molecule has 0 unspecified atom stereocenters. The number of nitrogens with one attached hydrogen (secondary N) is 1. The third-order valence-electron chi connectivity index (χ3n) is 4.31. The van der Waals surface area contributed by atoms with Crippen LogP contribution in [0.25, 0.3) is 16.9 Å². The van der Waals surface area contributed by atoms with E-state index in [0.29, 0.717) is 22.3 Å². The Morgan fingerprint density at radius 1 is 1.14 bits per heavy atom. The number of anilines is 1. The van der Waals surface area contributed by atoms with E-state index in [0.717, 1.165) is 5.56 Å². The minimum absolute atomic E-state index is 0.160. The lowest BCUT2D eigenvalue weighted by atomic mass is 10.1. The zero-order valence-corrected chi connectivity index (χ0v) is 15.6. The fraction of sp³-hybridized carbons (Fsp3) is 0.0500. The summed E-state index contributed by atoms with van der Waals surface area (Å²) in [4.78, 5) is 16.9. The van der Waals surface area contributed by atoms with Crippen LogP contribution in [-0.2, 0) is 0 Å². The molecule has 144 valence electrons. The van der Waals surface area contributed by atoms with E-state index in [-0.39, 0.29) is 18.2 Å². The molecular formula is C20H13FN4O3S. The Bertz CT molecular complexity index is 1220. The van der Waals surface area contributed by atoms with Crippen LogP contribution in [0.2, 0.25) is 0 Å². The number of carbonyl (C=O) groups is 1. The molecule has 2 aromatic heterocycles. The van der Waals surface area contributed by atoms with Crippen LogP contribution in [0.3, 0.4) is 0 Å². The molecule has 5 rings (SSSR count). The Hall–Kier alpha value is -3.72. The van der Waals surface area contributed by atoms with Gasteiger partial charge in [0.2, 0.25) is 6.79 Å². The molecule has 1 aliphatic rings. The molecule has 0 saturated heterocycles. The second-order valence-electron chi connectivity index (χ2n) is 6.16. The summed E-state index contributed by atoms with van der Waals surface area (Å²) in [6.45, 7) is 0.205. The molecule has 0 aliphatic carbocycles. The summed E-state index contributed by atoms with van der Waals surface area (Å²) in [5.74, 6) is 0.519. The van der Waals surface area contributed by atoms with Crippen molar-refractivity contribution in [1.82, 2.24) is 14.8 Å². The topological polar surface area (TPSA) is 78.3 Å². The van der Waals surface area contributed by atoms with Crippen molar-refractivity contribution in [3.8, 4) is 28.4 Å². The normalized spacial score (nSPS) is 12.2. The summed E-state index contributed by atoms with van der Waals surface area (Å²) in [6, 6.07) is 13.3. The van der Waals surface area contributed by atoms with Gasteiger partial charge in [0.15, 0.2) is 22.3 Å². The van der Waals surface area contributed by atoms with E-state index in [9.17, 15) is 9.18 Å². The number of carbonyl (C=O) groups excluding carboxylic acids is 1. The van der Waals surface area contributed by atoms with Crippen molar-refractivity contribution < 1.29 is 18.7 Å². The highest BCUT2D eigenvalue weighted by Gasteiger charge is 2.17. The van der Waals surface area contributed by atoms with Crippen molar-refractivity contribution >= 4 is 22.4 Å². The summed E-state index contributed by atoms with van der Waals surface area (Å²) in [5.41, 5.74) is 1.99. The molecule has 0 fully saturated rings. The second kappa shape index (κ2) is 7.02. The highest BCUT2D eigenvalue weighted by atomic mass is 32.1. The van der Waals surface area contributed by atoms with Gasteiger partial charge >= 0.3 is 0 Å². The van der Waals surface area contributed by atoms with Crippen LogP contribution >= 0.6 is 11.3 Å². The zero-order valence-electron chi connectivity index (χ0n) is 14.8. The van der Waals surface area contributed by atoms with Crippen LogP contribution in [0.4, 0.5) is 9.52 Å². The molecule has 3 heterocycles. The van der Waals surface area contributed by atoms with Crippen molar-refractivity contribution in [2.75, 3.05) is 12.1 Å². The lowest BCUT2D eigenvalue weighted by Gasteiger charge is -2.02. The van der Waals surface area contributed by atoms with Gasteiger partial charge in [-0.15, -0.1) is 11.3 Å². The molecule has 1 amide bonds. The van der Waals surface area contributed by atoms with Crippen LogP contribution in [0.1, 0.15) is 10.5 Å². The van der Waals surface area contributed by atoms with Crippen LogP contribution in [0.15, 0.2) is 60.1 Å². The van der Waals surface area contributed by atoms with E-state index in [2.05, 4.69) is 15.4 Å². The molecule has 0 bridgehead atoms. The van der Waals surface area contributed by atoms with Gasteiger partial charge in [0.1, 0.15) is 11.5 Å². The highest BCUT2D eigenvalue weighted by Crippen LogP contribution is 2.36. The Balaban J connectivity index is 1.33. The molecule has 0 spiro atoms. The van der Waals surface area contributed by atoms with Crippen LogP contribution in [0, 0.1) is 5.82 Å². The first-order valence-electron chi connectivity index (χ1n) is 8.65. The predicted octanol–water partition coefficient (Wildman–Crippen LogP) is 4.12. The van der Waals surface area contributed by atoms with Gasteiger partial charge in [-0.1, -0.05) is 12.1 Å². The number of fused-ring (bicyclic) bond motifs is 1. The van der Waals surface area contributed by atoms with E-state index in [1.807, 2.05) is 23.6 Å². The Morgan fingerprint density at radius 2 is 2.00 bits per heavy atom.